The second kappa shape index (κ2) is 7.78. The Morgan fingerprint density at radius 2 is 2.00 bits per heavy atom. The van der Waals surface area contributed by atoms with E-state index in [4.69, 9.17) is 10.00 Å². The fourth-order valence-corrected chi connectivity index (χ4v) is 1.86. The van der Waals surface area contributed by atoms with Gasteiger partial charge in [-0.1, -0.05) is 12.1 Å². The first-order valence-corrected chi connectivity index (χ1v) is 6.58. The summed E-state index contributed by atoms with van der Waals surface area (Å²) in [5.74, 6) is 0.616. The fourth-order valence-electron chi connectivity index (χ4n) is 1.86. The first-order valence-electron chi connectivity index (χ1n) is 6.58. The van der Waals surface area contributed by atoms with Crippen LogP contribution in [0.1, 0.15) is 26.3 Å². The van der Waals surface area contributed by atoms with Gasteiger partial charge in [-0.15, -0.1) is 0 Å². The molecule has 0 saturated carbocycles. The van der Waals surface area contributed by atoms with Gasteiger partial charge >= 0.3 is 0 Å². The van der Waals surface area contributed by atoms with Crippen molar-refractivity contribution in [2.24, 2.45) is 0 Å². The zero-order valence-corrected chi connectivity index (χ0v) is 11.8. The zero-order chi connectivity index (χ0) is 14.3. The van der Waals surface area contributed by atoms with E-state index in [-0.39, 0.29) is 6.10 Å². The van der Waals surface area contributed by atoms with Crippen LogP contribution in [0, 0.1) is 11.3 Å². The third-order valence-electron chi connectivity index (χ3n) is 2.87. The number of aliphatic hydroxyl groups excluding tert-OH is 1. The van der Waals surface area contributed by atoms with Crippen LogP contribution in [-0.2, 0) is 0 Å². The Balaban J connectivity index is 2.50. The SMILES string of the molecule is CC(O)CN(CCOc1ccccc1C#N)C(C)C. The molecule has 0 fully saturated rings. The third kappa shape index (κ3) is 5.29. The van der Waals surface area contributed by atoms with Crippen molar-refractivity contribution in [2.45, 2.75) is 32.9 Å². The summed E-state index contributed by atoms with van der Waals surface area (Å²) in [5.41, 5.74) is 0.550. The predicted octanol–water partition coefficient (Wildman–Crippen LogP) is 2.03. The van der Waals surface area contributed by atoms with Gasteiger partial charge < -0.3 is 9.84 Å². The van der Waals surface area contributed by atoms with Crippen LogP contribution < -0.4 is 4.74 Å². The normalized spacial score (nSPS) is 12.5. The van der Waals surface area contributed by atoms with Crippen molar-refractivity contribution in [3.63, 3.8) is 0 Å². The van der Waals surface area contributed by atoms with Crippen molar-refractivity contribution >= 4 is 0 Å². The van der Waals surface area contributed by atoms with E-state index in [9.17, 15) is 5.11 Å². The number of nitriles is 1. The smallest absolute Gasteiger partial charge is 0.137 e. The summed E-state index contributed by atoms with van der Waals surface area (Å²) in [6, 6.07) is 9.67. The number of nitrogens with zero attached hydrogens (tertiary/aromatic N) is 2. The van der Waals surface area contributed by atoms with Crippen LogP contribution in [0.15, 0.2) is 24.3 Å². The monoisotopic (exact) mass is 262 g/mol. The van der Waals surface area contributed by atoms with Gasteiger partial charge in [0.25, 0.3) is 0 Å². The summed E-state index contributed by atoms with van der Waals surface area (Å²) in [7, 11) is 0. The maximum absolute atomic E-state index is 9.44. The highest BCUT2D eigenvalue weighted by Gasteiger charge is 2.12. The highest BCUT2D eigenvalue weighted by Crippen LogP contribution is 2.16. The minimum atomic E-state index is -0.353. The van der Waals surface area contributed by atoms with E-state index in [0.717, 1.165) is 6.54 Å². The minimum Gasteiger partial charge on any atom is -0.491 e. The maximum atomic E-state index is 9.44. The van der Waals surface area contributed by atoms with Gasteiger partial charge in [0.1, 0.15) is 18.4 Å². The Kier molecular flexibility index (Phi) is 6.34. The van der Waals surface area contributed by atoms with Crippen molar-refractivity contribution in [2.75, 3.05) is 19.7 Å². The Morgan fingerprint density at radius 3 is 2.58 bits per heavy atom. The molecule has 104 valence electrons. The molecule has 0 spiro atoms. The molecule has 0 bridgehead atoms. The quantitative estimate of drug-likeness (QED) is 0.817. The summed E-state index contributed by atoms with van der Waals surface area (Å²) in [5, 5.41) is 18.4. The van der Waals surface area contributed by atoms with Crippen molar-refractivity contribution in [3.8, 4) is 11.8 Å². The molecule has 0 amide bonds. The van der Waals surface area contributed by atoms with Gasteiger partial charge in [0, 0.05) is 19.1 Å². The molecule has 4 nitrogen and oxygen atoms in total. The molecule has 0 radical (unpaired) electrons. The van der Waals surface area contributed by atoms with Crippen LogP contribution in [0.4, 0.5) is 0 Å². The molecular weight excluding hydrogens is 240 g/mol. The molecule has 19 heavy (non-hydrogen) atoms. The first-order chi connectivity index (χ1) is 9.04. The summed E-state index contributed by atoms with van der Waals surface area (Å²) in [6.07, 6.45) is -0.353. The van der Waals surface area contributed by atoms with Crippen LogP contribution in [0.2, 0.25) is 0 Å². The highest BCUT2D eigenvalue weighted by atomic mass is 16.5. The largest absolute Gasteiger partial charge is 0.491 e. The van der Waals surface area contributed by atoms with Gasteiger partial charge in [-0.05, 0) is 32.9 Å². The molecule has 0 aliphatic heterocycles. The van der Waals surface area contributed by atoms with Crippen LogP contribution in [-0.4, -0.2) is 41.8 Å². The summed E-state index contributed by atoms with van der Waals surface area (Å²) in [4.78, 5) is 2.15. The average Bonchev–Trinajstić information content (AvgIpc) is 2.37. The van der Waals surface area contributed by atoms with E-state index >= 15 is 0 Å². The lowest BCUT2D eigenvalue weighted by Crippen LogP contribution is -2.39. The van der Waals surface area contributed by atoms with Crippen LogP contribution >= 0.6 is 0 Å². The van der Waals surface area contributed by atoms with E-state index in [0.29, 0.717) is 30.5 Å². The number of aliphatic hydroxyl groups is 1. The topological polar surface area (TPSA) is 56.5 Å². The Hall–Kier alpha value is -1.57. The number of hydrogen-bond donors (Lipinski definition) is 1. The average molecular weight is 262 g/mol. The summed E-state index contributed by atoms with van der Waals surface area (Å²) < 4.78 is 5.64. The standard InChI is InChI=1S/C15H22N2O2/c1-12(2)17(11-13(3)18)8-9-19-15-7-5-4-6-14(15)10-16/h4-7,12-13,18H,8-9,11H2,1-3H3. The van der Waals surface area contributed by atoms with E-state index < -0.39 is 0 Å². The van der Waals surface area contributed by atoms with Crippen molar-refractivity contribution in [3.05, 3.63) is 29.8 Å². The highest BCUT2D eigenvalue weighted by molar-refractivity contribution is 5.42. The van der Waals surface area contributed by atoms with E-state index in [1.807, 2.05) is 12.1 Å². The number of benzene rings is 1. The second-order valence-electron chi connectivity index (χ2n) is 4.89. The van der Waals surface area contributed by atoms with Crippen molar-refractivity contribution < 1.29 is 9.84 Å². The number of ether oxygens (including phenoxy) is 1. The van der Waals surface area contributed by atoms with Crippen molar-refractivity contribution in [1.82, 2.24) is 4.90 Å². The molecular formula is C15H22N2O2. The van der Waals surface area contributed by atoms with Gasteiger partial charge in [0.15, 0.2) is 0 Å². The predicted molar refractivity (Wildman–Crippen MR) is 75.0 cm³/mol. The molecule has 1 rings (SSSR count). The number of para-hydroxylation sites is 1. The zero-order valence-electron chi connectivity index (χ0n) is 11.8. The summed E-state index contributed by atoms with van der Waals surface area (Å²) >= 11 is 0. The maximum Gasteiger partial charge on any atom is 0.137 e. The lowest BCUT2D eigenvalue weighted by atomic mass is 10.2. The van der Waals surface area contributed by atoms with Crippen LogP contribution in [0.5, 0.6) is 5.75 Å². The fraction of sp³-hybridized carbons (Fsp3) is 0.533. The molecule has 1 aromatic carbocycles. The van der Waals surface area contributed by atoms with Gasteiger partial charge in [-0.2, -0.15) is 5.26 Å². The number of hydrogen-bond acceptors (Lipinski definition) is 4. The second-order valence-corrected chi connectivity index (χ2v) is 4.89. The van der Waals surface area contributed by atoms with Crippen LogP contribution in [0.3, 0.4) is 0 Å². The molecule has 1 unspecified atom stereocenters. The Morgan fingerprint density at radius 1 is 1.32 bits per heavy atom. The van der Waals surface area contributed by atoms with Gasteiger partial charge in [0.2, 0.25) is 0 Å². The van der Waals surface area contributed by atoms with E-state index in [1.54, 1.807) is 19.1 Å². The van der Waals surface area contributed by atoms with Crippen LogP contribution in [0.25, 0.3) is 0 Å². The molecule has 1 atom stereocenters. The molecule has 0 aliphatic carbocycles. The molecule has 0 heterocycles. The molecule has 0 aliphatic rings. The Bertz CT molecular complexity index is 424. The van der Waals surface area contributed by atoms with Gasteiger partial charge in [-0.25, -0.2) is 0 Å². The number of rotatable bonds is 7. The summed E-state index contributed by atoms with van der Waals surface area (Å²) in [6.45, 7) is 7.81. The van der Waals surface area contributed by atoms with E-state index in [2.05, 4.69) is 24.8 Å². The van der Waals surface area contributed by atoms with E-state index in [1.165, 1.54) is 0 Å². The Labute approximate surface area is 115 Å². The molecule has 1 aromatic rings. The van der Waals surface area contributed by atoms with Gasteiger partial charge in [0.05, 0.1) is 11.7 Å². The lowest BCUT2D eigenvalue weighted by Gasteiger charge is -2.27. The molecule has 0 aromatic heterocycles. The minimum absolute atomic E-state index is 0.351. The molecule has 0 saturated heterocycles. The third-order valence-corrected chi connectivity index (χ3v) is 2.87. The van der Waals surface area contributed by atoms with Gasteiger partial charge in [-0.3, -0.25) is 4.90 Å². The molecule has 1 N–H and O–H groups in total. The molecule has 4 heteroatoms. The van der Waals surface area contributed by atoms with Crippen molar-refractivity contribution in [1.29, 1.82) is 5.26 Å². The lowest BCUT2D eigenvalue weighted by molar-refractivity contribution is 0.0955. The first kappa shape index (κ1) is 15.5.